The molecule has 0 spiro atoms. The fraction of sp³-hybridized carbons (Fsp3) is 0.438. The van der Waals surface area contributed by atoms with E-state index in [4.69, 9.17) is 9.47 Å². The lowest BCUT2D eigenvalue weighted by atomic mass is 10.2. The molecule has 132 valence electrons. The molecular formula is C16H19N5O4. The van der Waals surface area contributed by atoms with Crippen molar-refractivity contribution in [3.8, 4) is 5.69 Å². The van der Waals surface area contributed by atoms with Crippen LogP contribution in [-0.2, 0) is 14.3 Å². The number of amides is 1. The van der Waals surface area contributed by atoms with E-state index in [0.717, 1.165) is 0 Å². The predicted molar refractivity (Wildman–Crippen MR) is 86.0 cm³/mol. The highest BCUT2D eigenvalue weighted by Crippen LogP contribution is 2.15. The Morgan fingerprint density at radius 3 is 2.64 bits per heavy atom. The molecule has 1 amide bonds. The van der Waals surface area contributed by atoms with Crippen LogP contribution in [0.15, 0.2) is 30.6 Å². The van der Waals surface area contributed by atoms with Crippen molar-refractivity contribution < 1.29 is 19.1 Å². The van der Waals surface area contributed by atoms with Crippen LogP contribution in [0.5, 0.6) is 0 Å². The quantitative estimate of drug-likeness (QED) is 0.742. The molecule has 0 bridgehead atoms. The van der Waals surface area contributed by atoms with Gasteiger partial charge in [-0.1, -0.05) is 12.1 Å². The van der Waals surface area contributed by atoms with Crippen LogP contribution in [-0.4, -0.2) is 68.9 Å². The zero-order valence-corrected chi connectivity index (χ0v) is 14.0. The lowest BCUT2D eigenvalue weighted by Crippen LogP contribution is -2.49. The molecule has 1 aliphatic rings. The molecule has 0 aliphatic carbocycles. The minimum atomic E-state index is -0.603. The van der Waals surface area contributed by atoms with Crippen LogP contribution in [0.4, 0.5) is 0 Å². The highest BCUT2D eigenvalue weighted by Gasteiger charge is 2.26. The Balaban J connectivity index is 1.64. The van der Waals surface area contributed by atoms with Gasteiger partial charge in [0, 0.05) is 13.1 Å². The third kappa shape index (κ3) is 4.00. The first-order valence-corrected chi connectivity index (χ1v) is 7.97. The molecule has 0 radical (unpaired) electrons. The van der Waals surface area contributed by atoms with Crippen LogP contribution in [0.25, 0.3) is 5.69 Å². The number of ether oxygens (including phenoxy) is 2. The Bertz CT molecular complexity index is 739. The molecule has 1 fully saturated rings. The second-order valence-corrected chi connectivity index (χ2v) is 5.90. The van der Waals surface area contributed by atoms with Gasteiger partial charge in [0.15, 0.2) is 6.61 Å². The largest absolute Gasteiger partial charge is 0.452 e. The summed E-state index contributed by atoms with van der Waals surface area (Å²) in [6, 6.07) is 6.76. The van der Waals surface area contributed by atoms with Crippen LogP contribution in [0.3, 0.4) is 0 Å². The Hall–Kier alpha value is -2.81. The topological polar surface area (TPSA) is 99.4 Å². The zero-order valence-electron chi connectivity index (χ0n) is 14.0. The normalized spacial score (nSPS) is 20.3. The van der Waals surface area contributed by atoms with Crippen LogP contribution in [0.1, 0.15) is 24.2 Å². The number of carbonyl (C=O) groups excluding carboxylic acids is 2. The Morgan fingerprint density at radius 2 is 1.96 bits per heavy atom. The van der Waals surface area contributed by atoms with Gasteiger partial charge in [-0.05, 0) is 36.4 Å². The van der Waals surface area contributed by atoms with E-state index in [1.165, 1.54) is 11.0 Å². The number of rotatable bonds is 4. The number of hydrogen-bond donors (Lipinski definition) is 0. The van der Waals surface area contributed by atoms with E-state index in [-0.39, 0.29) is 30.3 Å². The molecule has 2 atom stereocenters. The summed E-state index contributed by atoms with van der Waals surface area (Å²) in [6.45, 7) is 4.47. The maximum atomic E-state index is 12.4. The summed E-state index contributed by atoms with van der Waals surface area (Å²) in [5.41, 5.74) is 0.768. The second-order valence-electron chi connectivity index (χ2n) is 5.90. The Kier molecular flexibility index (Phi) is 5.03. The van der Waals surface area contributed by atoms with Crippen LogP contribution < -0.4 is 0 Å². The van der Waals surface area contributed by atoms with Crippen molar-refractivity contribution in [2.24, 2.45) is 0 Å². The van der Waals surface area contributed by atoms with Gasteiger partial charge in [0.25, 0.3) is 5.91 Å². The van der Waals surface area contributed by atoms with Crippen molar-refractivity contribution in [2.75, 3.05) is 19.7 Å². The highest BCUT2D eigenvalue weighted by molar-refractivity contribution is 5.94. The zero-order chi connectivity index (χ0) is 17.8. The molecule has 1 aliphatic heterocycles. The molecule has 25 heavy (non-hydrogen) atoms. The summed E-state index contributed by atoms with van der Waals surface area (Å²) in [7, 11) is 0. The van der Waals surface area contributed by atoms with Gasteiger partial charge in [-0.2, -0.15) is 4.68 Å². The molecule has 1 saturated heterocycles. The molecule has 9 heteroatoms. The van der Waals surface area contributed by atoms with Crippen molar-refractivity contribution >= 4 is 11.9 Å². The lowest BCUT2D eigenvalue weighted by molar-refractivity contribution is -0.146. The number of hydrogen-bond acceptors (Lipinski definition) is 7. The lowest BCUT2D eigenvalue weighted by Gasteiger charge is -2.35. The van der Waals surface area contributed by atoms with Gasteiger partial charge in [0.05, 0.1) is 23.5 Å². The molecule has 1 aromatic heterocycles. The summed E-state index contributed by atoms with van der Waals surface area (Å²) in [5.74, 6) is -0.843. The smallest absolute Gasteiger partial charge is 0.340 e. The summed E-state index contributed by atoms with van der Waals surface area (Å²) in [4.78, 5) is 26.3. The van der Waals surface area contributed by atoms with Crippen LogP contribution in [0.2, 0.25) is 0 Å². The number of morpholine rings is 1. The molecule has 1 aromatic carbocycles. The van der Waals surface area contributed by atoms with Crippen molar-refractivity contribution in [1.82, 2.24) is 25.1 Å². The number of tetrazole rings is 1. The fourth-order valence-corrected chi connectivity index (χ4v) is 2.80. The van der Waals surface area contributed by atoms with E-state index in [2.05, 4.69) is 15.5 Å². The first-order chi connectivity index (χ1) is 12.0. The van der Waals surface area contributed by atoms with Gasteiger partial charge in [-0.15, -0.1) is 5.10 Å². The minimum absolute atomic E-state index is 0.0380. The van der Waals surface area contributed by atoms with Gasteiger partial charge in [-0.3, -0.25) is 4.79 Å². The number of nitrogens with zero attached hydrogens (tertiary/aromatic N) is 5. The number of carbonyl (C=O) groups is 2. The molecule has 2 aromatic rings. The van der Waals surface area contributed by atoms with E-state index >= 15 is 0 Å². The molecule has 0 saturated carbocycles. The van der Waals surface area contributed by atoms with E-state index in [1.807, 2.05) is 13.8 Å². The summed E-state index contributed by atoms with van der Waals surface area (Å²) >= 11 is 0. The first-order valence-electron chi connectivity index (χ1n) is 7.97. The van der Waals surface area contributed by atoms with Gasteiger partial charge in [0.1, 0.15) is 6.33 Å². The molecule has 3 rings (SSSR count). The van der Waals surface area contributed by atoms with Crippen molar-refractivity contribution in [2.45, 2.75) is 26.1 Å². The highest BCUT2D eigenvalue weighted by atomic mass is 16.5. The summed E-state index contributed by atoms with van der Waals surface area (Å²) < 4.78 is 12.2. The van der Waals surface area contributed by atoms with Crippen molar-refractivity contribution in [3.63, 3.8) is 0 Å². The van der Waals surface area contributed by atoms with Crippen LogP contribution in [0, 0.1) is 0 Å². The number of esters is 1. The van der Waals surface area contributed by atoms with Gasteiger partial charge in [-0.25, -0.2) is 4.79 Å². The summed E-state index contributed by atoms with van der Waals surface area (Å²) in [5, 5.41) is 10.9. The standard InChI is InChI=1S/C16H19N5O4/c1-11-7-20(8-12(2)25-11)15(22)9-24-16(23)13-5-3-4-6-14(13)21-10-17-18-19-21/h3-6,10-12H,7-9H2,1-2H3/t11-,12-/m1/s1. The average molecular weight is 345 g/mol. The Morgan fingerprint density at radius 1 is 1.24 bits per heavy atom. The predicted octanol–water partition coefficient (Wildman–Crippen LogP) is 0.455. The van der Waals surface area contributed by atoms with Gasteiger partial charge in [0.2, 0.25) is 0 Å². The minimum Gasteiger partial charge on any atom is -0.452 e. The number of benzene rings is 1. The molecule has 2 heterocycles. The maximum Gasteiger partial charge on any atom is 0.340 e. The SMILES string of the molecule is C[C@@H]1CN(C(=O)COC(=O)c2ccccc2-n2cnnn2)C[C@@H](C)O1. The van der Waals surface area contributed by atoms with Crippen molar-refractivity contribution in [3.05, 3.63) is 36.2 Å². The molecule has 0 unspecified atom stereocenters. The first kappa shape index (κ1) is 17.0. The van der Waals surface area contributed by atoms with Gasteiger partial charge < -0.3 is 14.4 Å². The number of para-hydroxylation sites is 1. The monoisotopic (exact) mass is 345 g/mol. The van der Waals surface area contributed by atoms with Crippen molar-refractivity contribution in [1.29, 1.82) is 0 Å². The van der Waals surface area contributed by atoms with E-state index in [0.29, 0.717) is 18.8 Å². The van der Waals surface area contributed by atoms with E-state index in [9.17, 15) is 9.59 Å². The Labute approximate surface area is 144 Å². The number of aromatic nitrogens is 4. The summed E-state index contributed by atoms with van der Waals surface area (Å²) in [6.07, 6.45) is 1.31. The third-order valence-corrected chi connectivity index (χ3v) is 3.82. The fourth-order valence-electron chi connectivity index (χ4n) is 2.80. The average Bonchev–Trinajstić information content (AvgIpc) is 3.13. The molecular weight excluding hydrogens is 326 g/mol. The van der Waals surface area contributed by atoms with Crippen LogP contribution >= 0.6 is 0 Å². The second kappa shape index (κ2) is 7.39. The van der Waals surface area contributed by atoms with E-state index in [1.54, 1.807) is 29.2 Å². The van der Waals surface area contributed by atoms with E-state index < -0.39 is 5.97 Å². The molecule has 9 nitrogen and oxygen atoms in total. The molecule has 0 N–H and O–H groups in total. The van der Waals surface area contributed by atoms with Gasteiger partial charge >= 0.3 is 5.97 Å². The third-order valence-electron chi connectivity index (χ3n) is 3.82. The maximum absolute atomic E-state index is 12.4.